The summed E-state index contributed by atoms with van der Waals surface area (Å²) >= 11 is 0. The van der Waals surface area contributed by atoms with Crippen LogP contribution in [0.4, 0.5) is 0 Å². The summed E-state index contributed by atoms with van der Waals surface area (Å²) in [4.78, 5) is 0. The minimum Gasteiger partial charge on any atom is -0.381 e. The van der Waals surface area contributed by atoms with Crippen LogP contribution in [0.5, 0.6) is 0 Å². The summed E-state index contributed by atoms with van der Waals surface area (Å²) < 4.78 is 0. The van der Waals surface area contributed by atoms with Gasteiger partial charge in [0.25, 0.3) is 0 Å². The minimum atomic E-state index is 0.888. The van der Waals surface area contributed by atoms with E-state index in [0.29, 0.717) is 0 Å². The molecule has 0 aromatic rings. The highest BCUT2D eigenvalue weighted by molar-refractivity contribution is 5.44. The first-order valence-corrected chi connectivity index (χ1v) is 4.68. The molecule has 0 unspecified atom stereocenters. The van der Waals surface area contributed by atoms with Gasteiger partial charge in [-0.2, -0.15) is 0 Å². The maximum atomic E-state index is 3.91. The summed E-state index contributed by atoms with van der Waals surface area (Å²) in [5.41, 5.74) is 3.30. The molecule has 1 aliphatic rings. The second-order valence-electron chi connectivity index (χ2n) is 2.57. The molecule has 1 nitrogen and oxygen atoms in total. The molecule has 0 aromatic carbocycles. The fourth-order valence-corrected chi connectivity index (χ4v) is 1.05. The fourth-order valence-electron chi connectivity index (χ4n) is 1.05. The highest BCUT2D eigenvalue weighted by atomic mass is 14.9. The van der Waals surface area contributed by atoms with Crippen molar-refractivity contribution < 1.29 is 0 Å². The average molecular weight is 177 g/mol. The van der Waals surface area contributed by atoms with E-state index in [1.165, 1.54) is 0 Å². The van der Waals surface area contributed by atoms with E-state index in [4.69, 9.17) is 0 Å². The Bertz CT molecular complexity index is 244. The third-order valence-corrected chi connectivity index (χ3v) is 1.74. The first-order valence-electron chi connectivity index (χ1n) is 4.68. The quantitative estimate of drug-likeness (QED) is 0.648. The molecule has 0 saturated carbocycles. The van der Waals surface area contributed by atoms with Gasteiger partial charge in [-0.25, -0.2) is 0 Å². The number of rotatable bonds is 1. The lowest BCUT2D eigenvalue weighted by atomic mass is 10.1. The van der Waals surface area contributed by atoms with Crippen molar-refractivity contribution in [2.75, 3.05) is 6.54 Å². The van der Waals surface area contributed by atoms with Gasteiger partial charge in [-0.3, -0.25) is 0 Å². The van der Waals surface area contributed by atoms with Crippen LogP contribution >= 0.6 is 0 Å². The molecule has 1 rings (SSSR count). The molecule has 0 aliphatic carbocycles. The highest BCUT2D eigenvalue weighted by Gasteiger charge is 2.04. The number of hydrogen-bond acceptors (Lipinski definition) is 1. The van der Waals surface area contributed by atoms with E-state index in [0.717, 1.165) is 23.4 Å². The van der Waals surface area contributed by atoms with E-state index in [2.05, 4.69) is 24.6 Å². The van der Waals surface area contributed by atoms with Crippen LogP contribution in [0.25, 0.3) is 0 Å². The van der Waals surface area contributed by atoms with E-state index in [-0.39, 0.29) is 0 Å². The minimum absolute atomic E-state index is 0.888. The average Bonchev–Trinajstić information content (AvgIpc) is 2.20. The zero-order chi connectivity index (χ0) is 10.3. The predicted molar refractivity (Wildman–Crippen MR) is 60.5 cm³/mol. The third kappa shape index (κ3) is 3.32. The molecule has 1 N–H and O–H groups in total. The van der Waals surface area contributed by atoms with Crippen molar-refractivity contribution in [1.29, 1.82) is 0 Å². The van der Waals surface area contributed by atoms with Gasteiger partial charge in [0, 0.05) is 12.2 Å². The van der Waals surface area contributed by atoms with E-state index in [1.54, 1.807) is 0 Å². The Morgan fingerprint density at radius 3 is 2.62 bits per heavy atom. The lowest BCUT2D eigenvalue weighted by Gasteiger charge is -2.15. The number of allylic oxidation sites excluding steroid dienone is 3. The van der Waals surface area contributed by atoms with Gasteiger partial charge in [-0.15, -0.1) is 0 Å². The molecule has 0 radical (unpaired) electrons. The molecule has 1 aliphatic heterocycles. The zero-order valence-corrected chi connectivity index (χ0v) is 8.85. The van der Waals surface area contributed by atoms with Crippen LogP contribution in [0.3, 0.4) is 0 Å². The van der Waals surface area contributed by atoms with Gasteiger partial charge >= 0.3 is 0 Å². The molecule has 0 atom stereocenters. The maximum Gasteiger partial charge on any atom is 0.0439 e. The molecule has 0 aromatic heterocycles. The molecular weight excluding hydrogens is 158 g/mol. The van der Waals surface area contributed by atoms with Gasteiger partial charge in [0.15, 0.2) is 0 Å². The van der Waals surface area contributed by atoms with Crippen molar-refractivity contribution in [3.05, 3.63) is 48.2 Å². The van der Waals surface area contributed by atoms with Crippen LogP contribution in [0.1, 0.15) is 20.8 Å². The van der Waals surface area contributed by atoms with Crippen molar-refractivity contribution in [1.82, 2.24) is 5.32 Å². The topological polar surface area (TPSA) is 12.0 Å². The fraction of sp³-hybridized carbons (Fsp3) is 0.333. The van der Waals surface area contributed by atoms with E-state index in [1.807, 2.05) is 32.9 Å². The molecule has 0 spiro atoms. The van der Waals surface area contributed by atoms with Crippen LogP contribution in [0.2, 0.25) is 0 Å². The molecule has 1 heteroatoms. The summed E-state index contributed by atoms with van der Waals surface area (Å²) in [5, 5.41) is 3.24. The van der Waals surface area contributed by atoms with Crippen molar-refractivity contribution in [2.24, 2.45) is 0 Å². The highest BCUT2D eigenvalue weighted by Crippen LogP contribution is 2.14. The Morgan fingerprint density at radius 2 is 2.15 bits per heavy atom. The SMILES string of the molecule is C=C/C(C)=C1/NCC=CC1=C.CC. The van der Waals surface area contributed by atoms with E-state index < -0.39 is 0 Å². The first kappa shape index (κ1) is 11.8. The molecule has 0 amide bonds. The van der Waals surface area contributed by atoms with Gasteiger partial charge in [0.05, 0.1) is 0 Å². The summed E-state index contributed by atoms with van der Waals surface area (Å²) in [6.07, 6.45) is 5.92. The van der Waals surface area contributed by atoms with Crippen LogP contribution in [-0.4, -0.2) is 6.54 Å². The molecule has 0 saturated heterocycles. The normalized spacial score (nSPS) is 18.2. The number of nitrogens with one attached hydrogen (secondary N) is 1. The summed E-state index contributed by atoms with van der Waals surface area (Å²) in [6, 6.07) is 0. The van der Waals surface area contributed by atoms with Gasteiger partial charge in [-0.1, -0.05) is 45.2 Å². The van der Waals surface area contributed by atoms with Crippen LogP contribution in [0, 0.1) is 0 Å². The van der Waals surface area contributed by atoms with E-state index >= 15 is 0 Å². The third-order valence-electron chi connectivity index (χ3n) is 1.74. The zero-order valence-electron chi connectivity index (χ0n) is 8.85. The van der Waals surface area contributed by atoms with Crippen molar-refractivity contribution in [3.8, 4) is 0 Å². The monoisotopic (exact) mass is 177 g/mol. The van der Waals surface area contributed by atoms with Crippen LogP contribution in [-0.2, 0) is 0 Å². The number of hydrogen-bond donors (Lipinski definition) is 1. The summed E-state index contributed by atoms with van der Waals surface area (Å²) in [5.74, 6) is 0. The van der Waals surface area contributed by atoms with Crippen LogP contribution in [0.15, 0.2) is 48.2 Å². The van der Waals surface area contributed by atoms with Crippen molar-refractivity contribution in [3.63, 3.8) is 0 Å². The molecule has 0 bridgehead atoms. The smallest absolute Gasteiger partial charge is 0.0439 e. The second-order valence-corrected chi connectivity index (χ2v) is 2.57. The van der Waals surface area contributed by atoms with Crippen molar-refractivity contribution in [2.45, 2.75) is 20.8 Å². The van der Waals surface area contributed by atoms with Gasteiger partial charge < -0.3 is 5.32 Å². The van der Waals surface area contributed by atoms with Gasteiger partial charge in [-0.05, 0) is 18.1 Å². The second kappa shape index (κ2) is 6.30. The predicted octanol–water partition coefficient (Wildman–Crippen LogP) is 3.19. The van der Waals surface area contributed by atoms with Gasteiger partial charge in [0.2, 0.25) is 0 Å². The molecule has 13 heavy (non-hydrogen) atoms. The molecular formula is C12H19N. The molecule has 1 heterocycles. The van der Waals surface area contributed by atoms with E-state index in [9.17, 15) is 0 Å². The lowest BCUT2D eigenvalue weighted by Crippen LogP contribution is -2.18. The Balaban J connectivity index is 0.000000671. The largest absolute Gasteiger partial charge is 0.381 e. The standard InChI is InChI=1S/C10H13N.C2H6/c1-4-8(2)10-9(3)6-5-7-11-10;1-2/h4-6,11H,1,3,7H2,2H3;1-2H3/b10-8+;. The Hall–Kier alpha value is -1.24. The van der Waals surface area contributed by atoms with Gasteiger partial charge in [0.1, 0.15) is 0 Å². The Kier molecular flexibility index (Phi) is 5.69. The molecule has 72 valence electrons. The summed E-state index contributed by atoms with van der Waals surface area (Å²) in [6.45, 7) is 14.5. The van der Waals surface area contributed by atoms with Crippen LogP contribution < -0.4 is 5.32 Å². The first-order chi connectivity index (χ1) is 6.25. The molecule has 0 fully saturated rings. The Morgan fingerprint density at radius 1 is 1.54 bits per heavy atom. The summed E-state index contributed by atoms with van der Waals surface area (Å²) in [7, 11) is 0. The Labute approximate surface area is 81.5 Å². The maximum absolute atomic E-state index is 3.91. The van der Waals surface area contributed by atoms with Crippen molar-refractivity contribution >= 4 is 0 Å². The lowest BCUT2D eigenvalue weighted by molar-refractivity contribution is 0.889.